The average Bonchev–Trinajstić information content (AvgIpc) is 3.27. The lowest BCUT2D eigenvalue weighted by Gasteiger charge is -2.30. The van der Waals surface area contributed by atoms with E-state index in [0.29, 0.717) is 38.8 Å². The van der Waals surface area contributed by atoms with Crippen molar-refractivity contribution in [3.63, 3.8) is 0 Å². The van der Waals surface area contributed by atoms with E-state index in [1.807, 2.05) is 24.3 Å². The van der Waals surface area contributed by atoms with E-state index in [4.69, 9.17) is 4.74 Å². The molecule has 4 aliphatic rings. The summed E-state index contributed by atoms with van der Waals surface area (Å²) in [5.74, 6) is -2.24. The molecule has 4 N–H and O–H groups in total. The van der Waals surface area contributed by atoms with Crippen molar-refractivity contribution >= 4 is 29.9 Å². The molecule has 2 saturated heterocycles. The molecule has 0 aromatic heterocycles. The van der Waals surface area contributed by atoms with Crippen LogP contribution in [-0.2, 0) is 32.2 Å². The zero-order valence-corrected chi connectivity index (χ0v) is 25.9. The smallest absolute Gasteiger partial charge is 0.408 e. The Morgan fingerprint density at radius 3 is 2.25 bits per heavy atom. The van der Waals surface area contributed by atoms with Crippen LogP contribution < -0.4 is 16.0 Å². The number of ether oxygens (including phenoxy) is 1. The molecule has 1 saturated carbocycles. The molecular formula is C32H45N5O7. The molecule has 0 spiro atoms. The molecule has 1 aliphatic carbocycles. The zero-order valence-electron chi connectivity index (χ0n) is 25.9. The fourth-order valence-electron chi connectivity index (χ4n) is 6.80. The van der Waals surface area contributed by atoms with Crippen molar-refractivity contribution in [1.29, 1.82) is 0 Å². The molecule has 1 aromatic rings. The van der Waals surface area contributed by atoms with Crippen molar-refractivity contribution in [2.24, 2.45) is 5.92 Å². The number of rotatable bonds is 3. The van der Waals surface area contributed by atoms with Gasteiger partial charge >= 0.3 is 18.1 Å². The number of nitrogens with zero attached hydrogens (tertiary/aromatic N) is 2. The second kappa shape index (κ2) is 12.6. The Morgan fingerprint density at radius 2 is 1.61 bits per heavy atom. The van der Waals surface area contributed by atoms with E-state index in [1.165, 1.54) is 4.90 Å². The van der Waals surface area contributed by atoms with Gasteiger partial charge < -0.3 is 35.6 Å². The third kappa shape index (κ3) is 7.10. The maximum Gasteiger partial charge on any atom is 0.408 e. The number of carbonyl (C=O) groups excluding carboxylic acids is 4. The van der Waals surface area contributed by atoms with Gasteiger partial charge in [0.1, 0.15) is 23.2 Å². The third-order valence-electron chi connectivity index (χ3n) is 9.21. The Balaban J connectivity index is 1.36. The van der Waals surface area contributed by atoms with Gasteiger partial charge in [0.05, 0.1) is 6.04 Å². The fraction of sp³-hybridized carbons (Fsp3) is 0.656. The van der Waals surface area contributed by atoms with E-state index >= 15 is 0 Å². The van der Waals surface area contributed by atoms with Crippen LogP contribution in [0.5, 0.6) is 0 Å². The van der Waals surface area contributed by atoms with Crippen LogP contribution >= 0.6 is 0 Å². The first kappa shape index (κ1) is 31.6. The highest BCUT2D eigenvalue weighted by atomic mass is 16.6. The molecule has 12 nitrogen and oxygen atoms in total. The van der Waals surface area contributed by atoms with Gasteiger partial charge in [-0.15, -0.1) is 0 Å². The second-order valence-electron chi connectivity index (χ2n) is 13.7. The topological polar surface area (TPSA) is 157 Å². The molecule has 3 aliphatic heterocycles. The van der Waals surface area contributed by atoms with Crippen LogP contribution in [0.25, 0.3) is 0 Å². The lowest BCUT2D eigenvalue weighted by Crippen LogP contribution is -2.56. The maximum absolute atomic E-state index is 14.1. The molecule has 3 heterocycles. The lowest BCUT2D eigenvalue weighted by atomic mass is 10.0. The Labute approximate surface area is 258 Å². The van der Waals surface area contributed by atoms with Gasteiger partial charge in [0.2, 0.25) is 11.8 Å². The molecule has 5 amide bonds. The minimum atomic E-state index is -1.34. The fourth-order valence-corrected chi connectivity index (χ4v) is 6.80. The van der Waals surface area contributed by atoms with Gasteiger partial charge in [-0.2, -0.15) is 0 Å². The number of benzene rings is 1. The first-order valence-electron chi connectivity index (χ1n) is 15.8. The summed E-state index contributed by atoms with van der Waals surface area (Å²) in [6.07, 6.45) is 5.09. The Kier molecular flexibility index (Phi) is 9.08. The van der Waals surface area contributed by atoms with E-state index < -0.39 is 53.1 Å². The molecule has 0 unspecified atom stereocenters. The quantitative estimate of drug-likeness (QED) is 0.409. The molecule has 12 heteroatoms. The monoisotopic (exact) mass is 611 g/mol. The number of nitrogens with one attached hydrogen (secondary N) is 3. The van der Waals surface area contributed by atoms with Gasteiger partial charge in [-0.25, -0.2) is 14.4 Å². The van der Waals surface area contributed by atoms with Crippen LogP contribution in [0.4, 0.5) is 9.59 Å². The minimum Gasteiger partial charge on any atom is -0.479 e. The van der Waals surface area contributed by atoms with E-state index in [0.717, 1.165) is 36.8 Å². The van der Waals surface area contributed by atoms with Gasteiger partial charge in [-0.1, -0.05) is 56.4 Å². The van der Waals surface area contributed by atoms with Gasteiger partial charge in [0.15, 0.2) is 0 Å². The van der Waals surface area contributed by atoms with Crippen LogP contribution in [0.1, 0.15) is 89.7 Å². The highest BCUT2D eigenvalue weighted by molar-refractivity contribution is 5.96. The van der Waals surface area contributed by atoms with E-state index in [1.54, 1.807) is 25.7 Å². The van der Waals surface area contributed by atoms with Crippen LogP contribution in [0.2, 0.25) is 0 Å². The van der Waals surface area contributed by atoms with Gasteiger partial charge in [0.25, 0.3) is 0 Å². The number of aliphatic carboxylic acids is 1. The molecule has 0 bridgehead atoms. The number of urea groups is 1. The second-order valence-corrected chi connectivity index (χ2v) is 13.7. The van der Waals surface area contributed by atoms with Gasteiger partial charge in [-0.3, -0.25) is 9.59 Å². The zero-order chi connectivity index (χ0) is 31.6. The summed E-state index contributed by atoms with van der Waals surface area (Å²) in [6.45, 7) is 6.20. The highest BCUT2D eigenvalue weighted by Gasteiger charge is 2.62. The first-order chi connectivity index (χ1) is 20.9. The van der Waals surface area contributed by atoms with Gasteiger partial charge in [-0.05, 0) is 63.5 Å². The van der Waals surface area contributed by atoms with E-state index in [-0.39, 0.29) is 24.9 Å². The molecule has 44 heavy (non-hydrogen) atoms. The predicted octanol–water partition coefficient (Wildman–Crippen LogP) is 3.28. The van der Waals surface area contributed by atoms with Crippen LogP contribution in [0.3, 0.4) is 0 Å². The number of carboxylic acids is 1. The summed E-state index contributed by atoms with van der Waals surface area (Å²) >= 11 is 0. The molecule has 5 atom stereocenters. The van der Waals surface area contributed by atoms with Crippen molar-refractivity contribution in [2.75, 3.05) is 6.54 Å². The SMILES string of the molecule is CC(C)(C)OC(=O)N[C@H]1CCCCCCC[C@@H]2C[C@@]2(C(=O)O)NC(=O)[C@@H]2C[C@@H](NC(=O)N3Cc4ccccc4C3)CN2C1=O. The lowest BCUT2D eigenvalue weighted by molar-refractivity contribution is -0.146. The highest BCUT2D eigenvalue weighted by Crippen LogP contribution is 2.47. The predicted molar refractivity (Wildman–Crippen MR) is 160 cm³/mol. The standard InChI is InChI=1S/C32H45N5O7/c1-31(2,3)44-30(43)34-24-14-8-6-4-5-7-13-22-16-32(22,28(40)41)35-26(38)25-15-23(19-37(25)27(24)39)33-29(42)36-17-20-11-9-10-12-21(20)18-36/h9-12,22-25H,4-8,13-19H2,1-3H3,(H,33,42)(H,34,43)(H,35,38)(H,40,41)/t22-,23-,24+,25+,32-/m1/s1. The summed E-state index contributed by atoms with van der Waals surface area (Å²) < 4.78 is 5.44. The molecule has 0 radical (unpaired) electrons. The van der Waals surface area contributed by atoms with Crippen molar-refractivity contribution in [2.45, 2.75) is 121 Å². The molecule has 3 fully saturated rings. The number of carbonyl (C=O) groups is 5. The number of hydrogen-bond acceptors (Lipinski definition) is 6. The number of alkyl carbamates (subject to hydrolysis) is 1. The number of hydrogen-bond donors (Lipinski definition) is 4. The molecular weight excluding hydrogens is 566 g/mol. The van der Waals surface area contributed by atoms with Crippen molar-refractivity contribution in [3.8, 4) is 0 Å². The largest absolute Gasteiger partial charge is 0.479 e. The number of fused-ring (bicyclic) bond motifs is 3. The third-order valence-corrected chi connectivity index (χ3v) is 9.21. The normalized spacial score (nSPS) is 29.2. The molecule has 240 valence electrons. The minimum absolute atomic E-state index is 0.0550. The summed E-state index contributed by atoms with van der Waals surface area (Å²) in [5.41, 5.74) is 0.0400. The maximum atomic E-state index is 14.1. The summed E-state index contributed by atoms with van der Waals surface area (Å²) in [6, 6.07) is 5.06. The Morgan fingerprint density at radius 1 is 0.977 bits per heavy atom. The molecule has 1 aromatic carbocycles. The van der Waals surface area contributed by atoms with Crippen LogP contribution in [-0.4, -0.2) is 80.6 Å². The Bertz CT molecular complexity index is 1270. The van der Waals surface area contributed by atoms with Crippen molar-refractivity contribution in [1.82, 2.24) is 25.8 Å². The van der Waals surface area contributed by atoms with Crippen molar-refractivity contribution < 1.29 is 33.8 Å². The van der Waals surface area contributed by atoms with Gasteiger partial charge in [0, 0.05) is 19.6 Å². The first-order valence-corrected chi connectivity index (χ1v) is 15.8. The summed E-state index contributed by atoms with van der Waals surface area (Å²) in [4.78, 5) is 69.3. The van der Waals surface area contributed by atoms with E-state index in [9.17, 15) is 29.1 Å². The van der Waals surface area contributed by atoms with E-state index in [2.05, 4.69) is 16.0 Å². The van der Waals surface area contributed by atoms with Crippen LogP contribution in [0, 0.1) is 5.92 Å². The van der Waals surface area contributed by atoms with Crippen molar-refractivity contribution in [3.05, 3.63) is 35.4 Å². The average molecular weight is 612 g/mol. The number of carboxylic acid groups (broad SMARTS) is 1. The van der Waals surface area contributed by atoms with Crippen LogP contribution in [0.15, 0.2) is 24.3 Å². The Hall–Kier alpha value is -3.83. The number of amides is 5. The molecule has 5 rings (SSSR count). The summed E-state index contributed by atoms with van der Waals surface area (Å²) in [7, 11) is 0. The summed E-state index contributed by atoms with van der Waals surface area (Å²) in [5, 5.41) is 18.6.